The summed E-state index contributed by atoms with van der Waals surface area (Å²) in [4.78, 5) is 22.5. The van der Waals surface area contributed by atoms with Crippen molar-refractivity contribution < 1.29 is 4.39 Å². The van der Waals surface area contributed by atoms with Crippen LogP contribution in [0.2, 0.25) is 0 Å². The lowest BCUT2D eigenvalue weighted by molar-refractivity contribution is 0.369. The van der Waals surface area contributed by atoms with Crippen molar-refractivity contribution in [3.05, 3.63) is 52.7 Å². The molecule has 3 heterocycles. The van der Waals surface area contributed by atoms with Crippen LogP contribution in [0.4, 0.5) is 10.3 Å². The van der Waals surface area contributed by atoms with E-state index in [4.69, 9.17) is 4.98 Å². The van der Waals surface area contributed by atoms with E-state index >= 15 is 0 Å². The molecule has 2 aromatic heterocycles. The van der Waals surface area contributed by atoms with Crippen molar-refractivity contribution >= 4 is 17.0 Å². The number of benzene rings is 1. The van der Waals surface area contributed by atoms with Gasteiger partial charge in [0.05, 0.1) is 5.56 Å². The molecular formula is C23H24FN5O. The Morgan fingerprint density at radius 3 is 2.53 bits per heavy atom. The molecule has 6 rings (SSSR count). The molecule has 1 aliphatic heterocycles. The van der Waals surface area contributed by atoms with Crippen molar-refractivity contribution in [1.29, 1.82) is 0 Å². The molecule has 0 radical (unpaired) electrons. The second-order valence-electron chi connectivity index (χ2n) is 8.88. The number of hydrogen-bond acceptors (Lipinski definition) is 5. The molecule has 3 aromatic rings. The molecular weight excluding hydrogens is 381 g/mol. The Morgan fingerprint density at radius 2 is 1.80 bits per heavy atom. The number of nitrogens with one attached hydrogen (secondary N) is 1. The predicted molar refractivity (Wildman–Crippen MR) is 113 cm³/mol. The lowest BCUT2D eigenvalue weighted by Crippen LogP contribution is -2.30. The molecule has 0 bridgehead atoms. The smallest absolute Gasteiger partial charge is 0.260 e. The number of pyridine rings is 1. The molecule has 2 aliphatic carbocycles. The largest absolute Gasteiger partial charge is 0.289 e. The van der Waals surface area contributed by atoms with Gasteiger partial charge in [-0.15, -0.1) is 0 Å². The van der Waals surface area contributed by atoms with E-state index in [0.29, 0.717) is 22.7 Å². The van der Waals surface area contributed by atoms with E-state index in [1.54, 1.807) is 35.0 Å². The number of hydrogen-bond donors (Lipinski definition) is 1. The molecule has 3 fully saturated rings. The zero-order valence-corrected chi connectivity index (χ0v) is 16.7. The molecule has 1 saturated heterocycles. The van der Waals surface area contributed by atoms with Gasteiger partial charge in [-0.05, 0) is 49.7 Å². The van der Waals surface area contributed by atoms with Gasteiger partial charge in [-0.1, -0.05) is 24.6 Å². The van der Waals surface area contributed by atoms with Crippen LogP contribution in [0.1, 0.15) is 38.1 Å². The first-order chi connectivity index (χ1) is 14.7. The van der Waals surface area contributed by atoms with E-state index in [2.05, 4.69) is 15.4 Å². The minimum Gasteiger partial charge on any atom is -0.289 e. The molecule has 30 heavy (non-hydrogen) atoms. The second-order valence-corrected chi connectivity index (χ2v) is 8.88. The van der Waals surface area contributed by atoms with Crippen LogP contribution in [0.3, 0.4) is 0 Å². The van der Waals surface area contributed by atoms with Crippen LogP contribution in [0.15, 0.2) is 41.3 Å². The van der Waals surface area contributed by atoms with E-state index in [1.165, 1.54) is 25.3 Å². The third-order valence-corrected chi connectivity index (χ3v) is 6.83. The Bertz CT molecular complexity index is 1180. The van der Waals surface area contributed by atoms with Gasteiger partial charge in [-0.3, -0.25) is 14.8 Å². The van der Waals surface area contributed by atoms with E-state index in [9.17, 15) is 9.18 Å². The van der Waals surface area contributed by atoms with Crippen molar-refractivity contribution in [2.24, 2.45) is 11.8 Å². The summed E-state index contributed by atoms with van der Waals surface area (Å²) in [6.07, 6.45) is 7.58. The maximum atomic E-state index is 14.4. The van der Waals surface area contributed by atoms with Gasteiger partial charge in [-0.2, -0.15) is 4.98 Å². The molecule has 154 valence electrons. The number of rotatable bonds is 4. The van der Waals surface area contributed by atoms with Crippen molar-refractivity contribution in [3.8, 4) is 11.1 Å². The van der Waals surface area contributed by atoms with Gasteiger partial charge >= 0.3 is 0 Å². The molecule has 0 spiro atoms. The minimum absolute atomic E-state index is 0.126. The third-order valence-electron chi connectivity index (χ3n) is 6.83. The van der Waals surface area contributed by atoms with Crippen molar-refractivity contribution in [2.45, 2.75) is 38.1 Å². The zero-order valence-electron chi connectivity index (χ0n) is 16.7. The Labute approximate surface area is 173 Å². The predicted octanol–water partition coefficient (Wildman–Crippen LogP) is 3.99. The van der Waals surface area contributed by atoms with Crippen molar-refractivity contribution in [3.63, 3.8) is 0 Å². The van der Waals surface area contributed by atoms with Crippen LogP contribution in [0.25, 0.3) is 22.2 Å². The first kappa shape index (κ1) is 18.0. The van der Waals surface area contributed by atoms with E-state index < -0.39 is 5.82 Å². The number of aromatic nitrogens is 3. The maximum Gasteiger partial charge on any atom is 0.260 e. The van der Waals surface area contributed by atoms with E-state index in [1.807, 2.05) is 0 Å². The number of anilines is 1. The van der Waals surface area contributed by atoms with Crippen LogP contribution < -0.4 is 11.0 Å². The normalized spacial score (nSPS) is 23.8. The number of halogens is 1. The first-order valence-electron chi connectivity index (χ1n) is 10.9. The number of hydrazine groups is 1. The van der Waals surface area contributed by atoms with Crippen LogP contribution in [-0.2, 0) is 0 Å². The van der Waals surface area contributed by atoms with Crippen LogP contribution in [-0.4, -0.2) is 32.6 Å². The van der Waals surface area contributed by atoms with Crippen molar-refractivity contribution in [1.82, 2.24) is 19.5 Å². The van der Waals surface area contributed by atoms with Crippen LogP contribution >= 0.6 is 0 Å². The van der Waals surface area contributed by atoms with Crippen LogP contribution in [0, 0.1) is 17.7 Å². The highest BCUT2D eigenvalue weighted by molar-refractivity contribution is 5.81. The van der Waals surface area contributed by atoms with Gasteiger partial charge < -0.3 is 0 Å². The Kier molecular flexibility index (Phi) is 4.13. The fraction of sp³-hybridized carbons (Fsp3) is 0.435. The summed E-state index contributed by atoms with van der Waals surface area (Å²) >= 11 is 0. The standard InChI is InChI=1S/C23H24FN5O/c24-20-7-2-1-6-18(20)19-10-16-11-25-23(26-21(16)29(22(19)30)17-8-9-17)27-28-12-14-4-3-5-15(14)13-28/h1-2,6-7,10-11,14-15,17H,3-5,8-9,12-13H2,(H,25,26,27). The van der Waals surface area contributed by atoms with E-state index in [0.717, 1.165) is 43.2 Å². The summed E-state index contributed by atoms with van der Waals surface area (Å²) in [5.41, 5.74) is 4.49. The summed E-state index contributed by atoms with van der Waals surface area (Å²) in [5.74, 6) is 1.67. The molecule has 6 nitrogen and oxygen atoms in total. The van der Waals surface area contributed by atoms with Gasteiger partial charge in [0.25, 0.3) is 5.56 Å². The highest BCUT2D eigenvalue weighted by Gasteiger charge is 2.36. The molecule has 1 aromatic carbocycles. The molecule has 0 amide bonds. The third kappa shape index (κ3) is 2.99. The number of nitrogens with zero attached hydrogens (tertiary/aromatic N) is 4. The molecule has 2 atom stereocenters. The van der Waals surface area contributed by atoms with Crippen molar-refractivity contribution in [2.75, 3.05) is 18.5 Å². The first-order valence-corrected chi connectivity index (χ1v) is 10.9. The minimum atomic E-state index is -0.393. The van der Waals surface area contributed by atoms with Gasteiger partial charge in [0, 0.05) is 36.3 Å². The summed E-state index contributed by atoms with van der Waals surface area (Å²) in [5, 5.41) is 2.96. The van der Waals surface area contributed by atoms with Gasteiger partial charge in [-0.25, -0.2) is 14.4 Å². The summed E-state index contributed by atoms with van der Waals surface area (Å²) in [6, 6.07) is 8.26. The Hall–Kier alpha value is -2.80. The second kappa shape index (κ2) is 6.87. The molecule has 2 saturated carbocycles. The molecule has 2 unspecified atom stereocenters. The topological polar surface area (TPSA) is 63.1 Å². The molecule has 7 heteroatoms. The quantitative estimate of drug-likeness (QED) is 0.711. The maximum absolute atomic E-state index is 14.4. The zero-order chi connectivity index (χ0) is 20.2. The van der Waals surface area contributed by atoms with Gasteiger partial charge in [0.1, 0.15) is 11.5 Å². The average molecular weight is 405 g/mol. The average Bonchev–Trinajstić information content (AvgIpc) is 3.36. The van der Waals surface area contributed by atoms with Gasteiger partial charge in [0.15, 0.2) is 0 Å². The summed E-state index contributed by atoms with van der Waals surface area (Å²) in [7, 11) is 0. The summed E-state index contributed by atoms with van der Waals surface area (Å²) < 4.78 is 16.1. The highest BCUT2D eigenvalue weighted by Crippen LogP contribution is 2.38. The summed E-state index contributed by atoms with van der Waals surface area (Å²) in [6.45, 7) is 2.04. The van der Waals surface area contributed by atoms with Crippen LogP contribution in [0.5, 0.6) is 0 Å². The highest BCUT2D eigenvalue weighted by atomic mass is 19.1. The molecule has 1 N–H and O–H groups in total. The van der Waals surface area contributed by atoms with E-state index in [-0.39, 0.29) is 11.6 Å². The Balaban J connectivity index is 1.40. The lowest BCUT2D eigenvalue weighted by atomic mass is 10.0. The molecule has 3 aliphatic rings. The monoisotopic (exact) mass is 405 g/mol. The van der Waals surface area contributed by atoms with Gasteiger partial charge in [0.2, 0.25) is 5.95 Å². The fourth-order valence-corrected chi connectivity index (χ4v) is 5.19. The number of fused-ring (bicyclic) bond motifs is 2. The fourth-order valence-electron chi connectivity index (χ4n) is 5.19. The lowest BCUT2D eigenvalue weighted by Gasteiger charge is -2.19. The SMILES string of the molecule is O=c1c(-c2ccccc2F)cc2cnc(NN3CC4CCCC4C3)nc2n1C1CC1. The Morgan fingerprint density at radius 1 is 1.03 bits per heavy atom.